The van der Waals surface area contributed by atoms with Crippen LogP contribution in [-0.2, 0) is 0 Å². The lowest BCUT2D eigenvalue weighted by Gasteiger charge is -2.03. The second-order valence-electron chi connectivity index (χ2n) is 3.73. The van der Waals surface area contributed by atoms with Crippen LogP contribution in [0, 0.1) is 0 Å². The number of rotatable bonds is 5. The predicted octanol–water partition coefficient (Wildman–Crippen LogP) is 2.08. The van der Waals surface area contributed by atoms with Crippen molar-refractivity contribution < 1.29 is 9.84 Å². The van der Waals surface area contributed by atoms with Gasteiger partial charge in [-0.05, 0) is 31.5 Å². The number of nitrogens with zero attached hydrogens (tertiary/aromatic N) is 1. The summed E-state index contributed by atoms with van der Waals surface area (Å²) in [6, 6.07) is 5.64. The van der Waals surface area contributed by atoms with E-state index in [0.717, 1.165) is 21.0 Å². The Morgan fingerprint density at radius 2 is 2.35 bits per heavy atom. The maximum absolute atomic E-state index is 8.86. The molecule has 92 valence electrons. The smallest absolute Gasteiger partial charge is 0.120 e. The first-order valence-corrected chi connectivity index (χ1v) is 6.46. The summed E-state index contributed by atoms with van der Waals surface area (Å²) in [5, 5.41) is 9.73. The predicted molar refractivity (Wildman–Crippen MR) is 69.4 cm³/mol. The van der Waals surface area contributed by atoms with Gasteiger partial charge in [-0.1, -0.05) is 0 Å². The van der Waals surface area contributed by atoms with Crippen LogP contribution in [0.25, 0.3) is 10.2 Å². The van der Waals surface area contributed by atoms with Gasteiger partial charge in [0.2, 0.25) is 0 Å². The normalized spacial score (nSPS) is 12.9. The van der Waals surface area contributed by atoms with Crippen molar-refractivity contribution >= 4 is 21.6 Å². The van der Waals surface area contributed by atoms with Crippen LogP contribution >= 0.6 is 11.3 Å². The molecule has 0 radical (unpaired) electrons. The third-order valence-corrected chi connectivity index (χ3v) is 3.59. The van der Waals surface area contributed by atoms with Crippen LogP contribution in [0.5, 0.6) is 5.75 Å². The van der Waals surface area contributed by atoms with Gasteiger partial charge in [-0.25, -0.2) is 4.98 Å². The number of aliphatic hydroxyl groups is 1. The van der Waals surface area contributed by atoms with Crippen molar-refractivity contribution in [3.05, 3.63) is 23.2 Å². The molecular formula is C12H16N2O2S. The molecule has 0 spiro atoms. The van der Waals surface area contributed by atoms with Crippen LogP contribution in [0.15, 0.2) is 18.2 Å². The SMILES string of the molecule is CCOc1ccc2nc(C(N)CCO)sc2c1. The Morgan fingerprint density at radius 1 is 1.53 bits per heavy atom. The highest BCUT2D eigenvalue weighted by molar-refractivity contribution is 7.18. The van der Waals surface area contributed by atoms with Gasteiger partial charge in [0.25, 0.3) is 0 Å². The van der Waals surface area contributed by atoms with E-state index in [1.807, 2.05) is 25.1 Å². The first kappa shape index (κ1) is 12.3. The minimum Gasteiger partial charge on any atom is -0.494 e. The summed E-state index contributed by atoms with van der Waals surface area (Å²) >= 11 is 1.56. The van der Waals surface area contributed by atoms with E-state index in [2.05, 4.69) is 4.98 Å². The molecule has 3 N–H and O–H groups in total. The molecule has 1 unspecified atom stereocenters. The molecule has 0 amide bonds. The first-order valence-electron chi connectivity index (χ1n) is 5.64. The summed E-state index contributed by atoms with van der Waals surface area (Å²) in [7, 11) is 0. The van der Waals surface area contributed by atoms with Crippen molar-refractivity contribution in [2.24, 2.45) is 5.73 Å². The van der Waals surface area contributed by atoms with E-state index >= 15 is 0 Å². The highest BCUT2D eigenvalue weighted by Crippen LogP contribution is 2.29. The number of hydrogen-bond donors (Lipinski definition) is 2. The van der Waals surface area contributed by atoms with Gasteiger partial charge in [-0.2, -0.15) is 0 Å². The van der Waals surface area contributed by atoms with E-state index < -0.39 is 0 Å². The number of aliphatic hydroxyl groups excluding tert-OH is 1. The van der Waals surface area contributed by atoms with Gasteiger partial charge in [-0.15, -0.1) is 11.3 Å². The van der Waals surface area contributed by atoms with Crippen molar-refractivity contribution in [1.82, 2.24) is 4.98 Å². The molecule has 1 aromatic heterocycles. The molecule has 0 saturated heterocycles. The fraction of sp³-hybridized carbons (Fsp3) is 0.417. The van der Waals surface area contributed by atoms with Crippen LogP contribution in [0.2, 0.25) is 0 Å². The second kappa shape index (κ2) is 5.44. The molecule has 5 heteroatoms. The summed E-state index contributed by atoms with van der Waals surface area (Å²) in [6.45, 7) is 2.70. The van der Waals surface area contributed by atoms with Crippen molar-refractivity contribution in [2.75, 3.05) is 13.2 Å². The first-order chi connectivity index (χ1) is 8.24. The Balaban J connectivity index is 2.30. The summed E-state index contributed by atoms with van der Waals surface area (Å²) in [5.41, 5.74) is 6.86. The average molecular weight is 252 g/mol. The lowest BCUT2D eigenvalue weighted by molar-refractivity contribution is 0.276. The van der Waals surface area contributed by atoms with Crippen LogP contribution in [0.3, 0.4) is 0 Å². The number of nitrogens with two attached hydrogens (primary N) is 1. The highest BCUT2D eigenvalue weighted by Gasteiger charge is 2.11. The quantitative estimate of drug-likeness (QED) is 0.855. The lowest BCUT2D eigenvalue weighted by atomic mass is 10.2. The maximum Gasteiger partial charge on any atom is 0.120 e. The topological polar surface area (TPSA) is 68.4 Å². The molecule has 0 fully saturated rings. The molecule has 0 aliphatic carbocycles. The van der Waals surface area contributed by atoms with Crippen LogP contribution in [-0.4, -0.2) is 23.3 Å². The van der Waals surface area contributed by atoms with E-state index in [9.17, 15) is 0 Å². The third kappa shape index (κ3) is 2.74. The molecular weight excluding hydrogens is 236 g/mol. The average Bonchev–Trinajstić information content (AvgIpc) is 2.73. The maximum atomic E-state index is 8.86. The van der Waals surface area contributed by atoms with Gasteiger partial charge >= 0.3 is 0 Å². The molecule has 0 bridgehead atoms. The van der Waals surface area contributed by atoms with Gasteiger partial charge in [0.05, 0.1) is 22.9 Å². The number of fused-ring (bicyclic) bond motifs is 1. The minimum absolute atomic E-state index is 0.0846. The molecule has 17 heavy (non-hydrogen) atoms. The Kier molecular flexibility index (Phi) is 3.93. The summed E-state index contributed by atoms with van der Waals surface area (Å²) in [5.74, 6) is 0.853. The number of thiazole rings is 1. The molecule has 2 rings (SSSR count). The molecule has 0 saturated carbocycles. The van der Waals surface area contributed by atoms with E-state index in [4.69, 9.17) is 15.6 Å². The Labute approximate surface area is 104 Å². The fourth-order valence-corrected chi connectivity index (χ4v) is 2.63. The van der Waals surface area contributed by atoms with Gasteiger partial charge < -0.3 is 15.6 Å². The standard InChI is InChI=1S/C12H16N2O2S/c1-2-16-8-3-4-10-11(7-8)17-12(14-10)9(13)5-6-15/h3-4,7,9,15H,2,5-6,13H2,1H3. The fourth-order valence-electron chi connectivity index (χ4n) is 1.60. The van der Waals surface area contributed by atoms with E-state index in [0.29, 0.717) is 13.0 Å². The van der Waals surface area contributed by atoms with Crippen molar-refractivity contribution in [3.63, 3.8) is 0 Å². The largest absolute Gasteiger partial charge is 0.494 e. The lowest BCUT2D eigenvalue weighted by Crippen LogP contribution is -2.11. The zero-order valence-corrected chi connectivity index (χ0v) is 10.5. The molecule has 2 aromatic rings. The minimum atomic E-state index is -0.187. The second-order valence-corrected chi connectivity index (χ2v) is 4.80. The van der Waals surface area contributed by atoms with Crippen molar-refractivity contribution in [3.8, 4) is 5.75 Å². The number of hydrogen-bond acceptors (Lipinski definition) is 5. The van der Waals surface area contributed by atoms with E-state index in [1.165, 1.54) is 0 Å². The summed E-state index contributed by atoms with van der Waals surface area (Å²) in [4.78, 5) is 4.46. The molecule has 4 nitrogen and oxygen atoms in total. The van der Waals surface area contributed by atoms with Crippen LogP contribution in [0.1, 0.15) is 24.4 Å². The van der Waals surface area contributed by atoms with Gasteiger partial charge in [0.1, 0.15) is 10.8 Å². The zero-order valence-electron chi connectivity index (χ0n) is 9.72. The molecule has 0 aliphatic heterocycles. The Bertz CT molecular complexity index is 498. The third-order valence-electron chi connectivity index (χ3n) is 2.44. The number of benzene rings is 1. The summed E-state index contributed by atoms with van der Waals surface area (Å²) in [6.07, 6.45) is 0.540. The monoisotopic (exact) mass is 252 g/mol. The van der Waals surface area contributed by atoms with Crippen LogP contribution < -0.4 is 10.5 Å². The highest BCUT2D eigenvalue weighted by atomic mass is 32.1. The van der Waals surface area contributed by atoms with Crippen molar-refractivity contribution in [2.45, 2.75) is 19.4 Å². The zero-order chi connectivity index (χ0) is 12.3. The van der Waals surface area contributed by atoms with Gasteiger partial charge in [-0.3, -0.25) is 0 Å². The van der Waals surface area contributed by atoms with Gasteiger partial charge in [0, 0.05) is 6.61 Å². The number of aromatic nitrogens is 1. The Morgan fingerprint density at radius 3 is 3.06 bits per heavy atom. The molecule has 1 heterocycles. The molecule has 1 aromatic carbocycles. The number of ether oxygens (including phenoxy) is 1. The van der Waals surface area contributed by atoms with E-state index in [1.54, 1.807) is 11.3 Å². The van der Waals surface area contributed by atoms with Crippen LogP contribution in [0.4, 0.5) is 0 Å². The van der Waals surface area contributed by atoms with E-state index in [-0.39, 0.29) is 12.6 Å². The molecule has 0 aliphatic rings. The summed E-state index contributed by atoms with van der Waals surface area (Å²) < 4.78 is 6.51. The molecule has 1 atom stereocenters. The Hall–Kier alpha value is -1.17. The van der Waals surface area contributed by atoms with Gasteiger partial charge in [0.15, 0.2) is 0 Å². The van der Waals surface area contributed by atoms with Crippen molar-refractivity contribution in [1.29, 1.82) is 0 Å².